The highest BCUT2D eigenvalue weighted by Crippen LogP contribution is 2.30. The molecule has 1 atom stereocenters. The summed E-state index contributed by atoms with van der Waals surface area (Å²) in [5.41, 5.74) is -0.972. The van der Waals surface area contributed by atoms with Gasteiger partial charge < -0.3 is 15.2 Å². The van der Waals surface area contributed by atoms with E-state index in [9.17, 15) is 18.3 Å². The number of hydrogen-bond donors (Lipinski definition) is 2. The lowest BCUT2D eigenvalue weighted by atomic mass is 9.84. The molecule has 0 aromatic carbocycles. The van der Waals surface area contributed by atoms with Crippen molar-refractivity contribution in [3.8, 4) is 0 Å². The zero-order valence-corrected chi connectivity index (χ0v) is 13.3. The number of hydrogen-bond acceptors (Lipinski definition) is 5. The molecule has 1 saturated carbocycles. The van der Waals surface area contributed by atoms with Gasteiger partial charge in [-0.15, -0.1) is 0 Å². The average Bonchev–Trinajstić information content (AvgIpc) is 2.40. The highest BCUT2D eigenvalue weighted by Gasteiger charge is 2.48. The molecule has 0 radical (unpaired) electrons. The largest absolute Gasteiger partial charge is 0.391 e. The zero-order valence-electron chi connectivity index (χ0n) is 12.5. The van der Waals surface area contributed by atoms with E-state index in [0.29, 0.717) is 0 Å². The van der Waals surface area contributed by atoms with Gasteiger partial charge in [0, 0.05) is 12.8 Å². The average molecular weight is 319 g/mol. The normalized spacial score (nSPS) is 24.1. The third kappa shape index (κ3) is 4.40. The lowest BCUT2D eigenvalue weighted by Crippen LogP contribution is -2.58. The molecule has 1 aliphatic heterocycles. The van der Waals surface area contributed by atoms with Gasteiger partial charge in [-0.3, -0.25) is 4.79 Å². The molecule has 1 unspecified atom stereocenters. The monoisotopic (exact) mass is 319 g/mol. The highest BCUT2D eigenvalue weighted by molar-refractivity contribution is 7.90. The van der Waals surface area contributed by atoms with Gasteiger partial charge in [0.15, 0.2) is 0 Å². The molecule has 7 heteroatoms. The molecule has 6 nitrogen and oxygen atoms in total. The Kier molecular flexibility index (Phi) is 5.27. The standard InChI is InChI=1S/C14H25NO5S/c1-21(18,19)10-14(8-20-9-14)13(17)15-7-12(16)11-5-3-2-4-6-11/h11-12,16H,2-10H2,1H3,(H,15,17). The van der Waals surface area contributed by atoms with Crippen LogP contribution in [-0.2, 0) is 19.4 Å². The topological polar surface area (TPSA) is 92.7 Å². The van der Waals surface area contributed by atoms with Crippen LogP contribution >= 0.6 is 0 Å². The Hall–Kier alpha value is -0.660. The minimum Gasteiger partial charge on any atom is -0.391 e. The molecule has 0 spiro atoms. The van der Waals surface area contributed by atoms with Crippen molar-refractivity contribution in [1.82, 2.24) is 5.32 Å². The summed E-state index contributed by atoms with van der Waals surface area (Å²) in [4.78, 5) is 12.2. The van der Waals surface area contributed by atoms with Gasteiger partial charge in [0.05, 0.1) is 25.1 Å². The third-order valence-corrected chi connectivity index (χ3v) is 5.52. The van der Waals surface area contributed by atoms with Crippen molar-refractivity contribution in [2.45, 2.75) is 38.2 Å². The Bertz CT molecular complexity index is 466. The third-order valence-electron chi connectivity index (χ3n) is 4.44. The van der Waals surface area contributed by atoms with Crippen molar-refractivity contribution in [2.75, 3.05) is 31.8 Å². The second-order valence-electron chi connectivity index (χ2n) is 6.52. The number of sulfone groups is 1. The fourth-order valence-corrected chi connectivity index (χ4v) is 4.50. The maximum atomic E-state index is 12.2. The van der Waals surface area contributed by atoms with E-state index in [1.165, 1.54) is 6.42 Å². The summed E-state index contributed by atoms with van der Waals surface area (Å²) in [7, 11) is -3.25. The molecule has 2 N–H and O–H groups in total. The number of nitrogens with one attached hydrogen (secondary N) is 1. The Morgan fingerprint density at radius 3 is 2.43 bits per heavy atom. The summed E-state index contributed by atoms with van der Waals surface area (Å²) in [6, 6.07) is 0. The molecule has 2 rings (SSSR count). The van der Waals surface area contributed by atoms with Crippen LogP contribution in [0, 0.1) is 11.3 Å². The van der Waals surface area contributed by atoms with Gasteiger partial charge in [0.1, 0.15) is 15.3 Å². The fraction of sp³-hybridized carbons (Fsp3) is 0.929. The molecule has 0 aromatic rings. The van der Waals surface area contributed by atoms with Crippen molar-refractivity contribution in [3.63, 3.8) is 0 Å². The van der Waals surface area contributed by atoms with Crippen LogP contribution < -0.4 is 5.32 Å². The quantitative estimate of drug-likeness (QED) is 0.724. The first-order valence-corrected chi connectivity index (χ1v) is 9.60. The van der Waals surface area contributed by atoms with Gasteiger partial charge in [-0.1, -0.05) is 19.3 Å². The van der Waals surface area contributed by atoms with Gasteiger partial charge in [-0.25, -0.2) is 8.42 Å². The van der Waals surface area contributed by atoms with Crippen molar-refractivity contribution in [3.05, 3.63) is 0 Å². The molecule has 21 heavy (non-hydrogen) atoms. The van der Waals surface area contributed by atoms with Crippen LogP contribution in [0.2, 0.25) is 0 Å². The van der Waals surface area contributed by atoms with E-state index in [-0.39, 0.29) is 37.3 Å². The number of carbonyl (C=O) groups is 1. The Balaban J connectivity index is 1.85. The SMILES string of the molecule is CS(=O)(=O)CC1(C(=O)NCC(O)C2CCCCC2)COC1. The number of ether oxygens (including phenoxy) is 1. The van der Waals surface area contributed by atoms with Gasteiger partial charge >= 0.3 is 0 Å². The van der Waals surface area contributed by atoms with E-state index >= 15 is 0 Å². The van der Waals surface area contributed by atoms with Gasteiger partial charge in [-0.05, 0) is 18.8 Å². The van der Waals surface area contributed by atoms with Crippen LogP contribution in [0.5, 0.6) is 0 Å². The minimum absolute atomic E-state index is 0.130. The molecule has 2 aliphatic rings. The van der Waals surface area contributed by atoms with Crippen LogP contribution in [0.4, 0.5) is 0 Å². The van der Waals surface area contributed by atoms with Crippen molar-refractivity contribution < 1.29 is 23.1 Å². The summed E-state index contributed by atoms with van der Waals surface area (Å²) >= 11 is 0. The van der Waals surface area contributed by atoms with Crippen LogP contribution in [0.15, 0.2) is 0 Å². The van der Waals surface area contributed by atoms with Gasteiger partial charge in [-0.2, -0.15) is 0 Å². The summed E-state index contributed by atoms with van der Waals surface area (Å²) in [5, 5.41) is 12.9. The number of aliphatic hydroxyl groups is 1. The molecule has 1 heterocycles. The number of rotatable bonds is 6. The lowest BCUT2D eigenvalue weighted by Gasteiger charge is -2.39. The van der Waals surface area contributed by atoms with Crippen LogP contribution in [0.1, 0.15) is 32.1 Å². The van der Waals surface area contributed by atoms with Crippen LogP contribution in [0.25, 0.3) is 0 Å². The predicted octanol–water partition coefficient (Wildman–Crippen LogP) is 0.105. The maximum Gasteiger partial charge on any atom is 0.232 e. The van der Waals surface area contributed by atoms with E-state index in [4.69, 9.17) is 4.74 Å². The maximum absolute atomic E-state index is 12.2. The van der Waals surface area contributed by atoms with E-state index in [1.807, 2.05) is 0 Å². The second-order valence-corrected chi connectivity index (χ2v) is 8.66. The Morgan fingerprint density at radius 1 is 1.33 bits per heavy atom. The first-order valence-electron chi connectivity index (χ1n) is 7.54. The Labute approximate surface area is 126 Å². The molecule has 2 fully saturated rings. The van der Waals surface area contributed by atoms with Crippen molar-refractivity contribution in [1.29, 1.82) is 0 Å². The predicted molar refractivity (Wildman–Crippen MR) is 78.6 cm³/mol. The zero-order chi connectivity index (χ0) is 15.5. The van der Waals surface area contributed by atoms with E-state index in [2.05, 4.69) is 5.32 Å². The van der Waals surface area contributed by atoms with Gasteiger partial charge in [0.25, 0.3) is 0 Å². The molecule has 1 amide bonds. The first kappa shape index (κ1) is 16.7. The molecule has 0 aromatic heterocycles. The summed E-state index contributed by atoms with van der Waals surface area (Å²) in [5.74, 6) is -0.290. The second kappa shape index (κ2) is 6.62. The Morgan fingerprint density at radius 2 is 1.95 bits per heavy atom. The van der Waals surface area contributed by atoms with E-state index in [1.54, 1.807) is 0 Å². The van der Waals surface area contributed by atoms with Gasteiger partial charge in [0.2, 0.25) is 5.91 Å². The summed E-state index contributed by atoms with van der Waals surface area (Å²) in [6.45, 7) is 0.450. The number of aliphatic hydroxyl groups excluding tert-OH is 1. The smallest absolute Gasteiger partial charge is 0.232 e. The number of carbonyl (C=O) groups excluding carboxylic acids is 1. The van der Waals surface area contributed by atoms with Crippen molar-refractivity contribution >= 4 is 15.7 Å². The molecule has 1 aliphatic carbocycles. The van der Waals surface area contributed by atoms with Crippen molar-refractivity contribution in [2.24, 2.45) is 11.3 Å². The molecular formula is C14H25NO5S. The van der Waals surface area contributed by atoms with Crippen LogP contribution in [-0.4, -0.2) is 57.3 Å². The lowest BCUT2D eigenvalue weighted by molar-refractivity contribution is -0.157. The fourth-order valence-electron chi connectivity index (χ4n) is 3.20. The highest BCUT2D eigenvalue weighted by atomic mass is 32.2. The summed E-state index contributed by atoms with van der Waals surface area (Å²) in [6.07, 6.45) is 6.03. The summed E-state index contributed by atoms with van der Waals surface area (Å²) < 4.78 is 27.9. The first-order chi connectivity index (χ1) is 9.82. The molecular weight excluding hydrogens is 294 g/mol. The molecule has 1 saturated heterocycles. The van der Waals surface area contributed by atoms with E-state index < -0.39 is 21.4 Å². The van der Waals surface area contributed by atoms with Crippen LogP contribution in [0.3, 0.4) is 0 Å². The number of amides is 1. The molecule has 122 valence electrons. The molecule has 0 bridgehead atoms. The van der Waals surface area contributed by atoms with E-state index in [0.717, 1.165) is 31.9 Å². The minimum atomic E-state index is -3.25.